The number of rotatable bonds is 26. The van der Waals surface area contributed by atoms with Crippen molar-refractivity contribution >= 4 is 12.2 Å². The van der Waals surface area contributed by atoms with E-state index in [-0.39, 0.29) is 0 Å². The van der Waals surface area contributed by atoms with Gasteiger partial charge in [-0.1, -0.05) is 148 Å². The van der Waals surface area contributed by atoms with Gasteiger partial charge in [0.05, 0.1) is 13.2 Å². The van der Waals surface area contributed by atoms with Gasteiger partial charge in [-0.3, -0.25) is 4.98 Å². The number of hydrogen-bond acceptors (Lipinski definition) is 3. The Morgan fingerprint density at radius 3 is 1.40 bits per heavy atom. The topological polar surface area (TPSA) is 31.4 Å². The van der Waals surface area contributed by atoms with Crippen molar-refractivity contribution in [1.82, 2.24) is 4.98 Å². The Labute approximate surface area is 247 Å². The summed E-state index contributed by atoms with van der Waals surface area (Å²) in [6.07, 6.45) is 34.6. The first-order chi connectivity index (χ1) is 19.8. The normalized spacial score (nSPS) is 11.3. The van der Waals surface area contributed by atoms with Crippen molar-refractivity contribution in [3.05, 3.63) is 53.9 Å². The molecular weight excluding hydrogens is 490 g/mol. The first kappa shape index (κ1) is 33.9. The third-order valence-electron chi connectivity index (χ3n) is 7.65. The highest BCUT2D eigenvalue weighted by atomic mass is 16.5. The van der Waals surface area contributed by atoms with Gasteiger partial charge in [0, 0.05) is 12.4 Å². The van der Waals surface area contributed by atoms with Crippen LogP contribution in [-0.2, 0) is 0 Å². The number of hydrogen-bond donors (Lipinski definition) is 0. The molecule has 3 nitrogen and oxygen atoms in total. The van der Waals surface area contributed by atoms with Gasteiger partial charge in [0.15, 0.2) is 11.5 Å². The van der Waals surface area contributed by atoms with Gasteiger partial charge < -0.3 is 9.47 Å². The Balaban J connectivity index is 1.73. The summed E-state index contributed by atoms with van der Waals surface area (Å²) in [6, 6.07) is 10.4. The van der Waals surface area contributed by atoms with E-state index in [4.69, 9.17) is 9.47 Å². The van der Waals surface area contributed by atoms with Gasteiger partial charge in [-0.05, 0) is 48.2 Å². The lowest BCUT2D eigenvalue weighted by Crippen LogP contribution is -2.03. The molecule has 0 aliphatic rings. The summed E-state index contributed by atoms with van der Waals surface area (Å²) >= 11 is 0. The van der Waals surface area contributed by atoms with Gasteiger partial charge in [0.25, 0.3) is 0 Å². The molecule has 0 unspecified atom stereocenters. The minimum absolute atomic E-state index is 0.753. The third-order valence-corrected chi connectivity index (χ3v) is 7.65. The van der Waals surface area contributed by atoms with E-state index < -0.39 is 0 Å². The van der Waals surface area contributed by atoms with E-state index in [0.717, 1.165) is 48.7 Å². The highest BCUT2D eigenvalue weighted by Gasteiger charge is 2.07. The summed E-state index contributed by atoms with van der Waals surface area (Å²) in [5.41, 5.74) is 2.27. The maximum Gasteiger partial charge on any atom is 0.161 e. The van der Waals surface area contributed by atoms with Crippen molar-refractivity contribution in [3.8, 4) is 11.5 Å². The molecule has 0 atom stereocenters. The summed E-state index contributed by atoms with van der Waals surface area (Å²) in [5.74, 6) is 1.75. The smallest absolute Gasteiger partial charge is 0.161 e. The number of aromatic nitrogens is 1. The van der Waals surface area contributed by atoms with Crippen LogP contribution in [0.5, 0.6) is 11.5 Å². The lowest BCUT2D eigenvalue weighted by molar-refractivity contribution is 0.258. The van der Waals surface area contributed by atoms with Crippen LogP contribution >= 0.6 is 0 Å². The van der Waals surface area contributed by atoms with Crippen LogP contribution in [0.4, 0.5) is 0 Å². The van der Waals surface area contributed by atoms with E-state index in [1.165, 1.54) is 116 Å². The lowest BCUT2D eigenvalue weighted by atomic mass is 10.1. The van der Waals surface area contributed by atoms with Gasteiger partial charge in [-0.15, -0.1) is 0 Å². The zero-order valence-electron chi connectivity index (χ0n) is 26.0. The molecule has 0 aliphatic carbocycles. The van der Waals surface area contributed by atoms with Crippen LogP contribution in [0.3, 0.4) is 0 Å². The van der Waals surface area contributed by atoms with E-state index in [1.54, 1.807) is 0 Å². The highest BCUT2D eigenvalue weighted by Crippen LogP contribution is 2.30. The van der Waals surface area contributed by atoms with Crippen molar-refractivity contribution in [2.75, 3.05) is 13.2 Å². The fraction of sp³-hybridized carbons (Fsp3) is 0.649. The zero-order valence-corrected chi connectivity index (χ0v) is 26.0. The monoisotopic (exact) mass is 549 g/mol. The maximum absolute atomic E-state index is 6.28. The predicted octanol–water partition coefficient (Wildman–Crippen LogP) is 11.9. The Morgan fingerprint density at radius 1 is 0.475 bits per heavy atom. The number of benzene rings is 1. The Hall–Kier alpha value is -2.29. The minimum Gasteiger partial charge on any atom is -0.490 e. The van der Waals surface area contributed by atoms with Crippen LogP contribution < -0.4 is 9.47 Å². The average molecular weight is 550 g/mol. The molecule has 2 rings (SSSR count). The molecule has 0 amide bonds. The van der Waals surface area contributed by atoms with Crippen LogP contribution in [-0.4, -0.2) is 18.2 Å². The fourth-order valence-electron chi connectivity index (χ4n) is 5.07. The number of pyridine rings is 1. The molecule has 0 saturated carbocycles. The largest absolute Gasteiger partial charge is 0.490 e. The van der Waals surface area contributed by atoms with Crippen LogP contribution in [0.15, 0.2) is 42.7 Å². The molecule has 0 radical (unpaired) electrons. The molecule has 224 valence electrons. The average Bonchev–Trinajstić information content (AvgIpc) is 2.98. The summed E-state index contributed by atoms with van der Waals surface area (Å²) < 4.78 is 12.5. The highest BCUT2D eigenvalue weighted by molar-refractivity contribution is 5.70. The standard InChI is InChI=1S/C37H59NO2/c1-3-5-7-9-11-13-15-17-19-21-31-39-36-26-25-35(24-23-34-27-29-38-30-28-34)33-37(36)40-32-22-20-18-16-14-12-10-8-6-4-2/h23-30,33H,3-22,31-32H2,1-2H3/b24-23+. The molecule has 0 aliphatic heterocycles. The van der Waals surface area contributed by atoms with Crippen molar-refractivity contribution in [2.45, 2.75) is 142 Å². The Morgan fingerprint density at radius 2 is 0.900 bits per heavy atom. The van der Waals surface area contributed by atoms with Gasteiger partial charge in [0.2, 0.25) is 0 Å². The molecule has 1 aromatic heterocycles. The van der Waals surface area contributed by atoms with Crippen molar-refractivity contribution in [3.63, 3.8) is 0 Å². The second kappa shape index (κ2) is 24.5. The van der Waals surface area contributed by atoms with Crippen molar-refractivity contribution in [1.29, 1.82) is 0 Å². The van der Waals surface area contributed by atoms with E-state index in [2.05, 4.69) is 49.2 Å². The van der Waals surface area contributed by atoms with Crippen molar-refractivity contribution < 1.29 is 9.47 Å². The summed E-state index contributed by atoms with van der Waals surface area (Å²) in [4.78, 5) is 4.11. The maximum atomic E-state index is 6.28. The molecule has 0 bridgehead atoms. The Bertz CT molecular complexity index is 864. The van der Waals surface area contributed by atoms with E-state index in [0.29, 0.717) is 0 Å². The quantitative estimate of drug-likeness (QED) is 0.109. The molecule has 40 heavy (non-hydrogen) atoms. The van der Waals surface area contributed by atoms with Crippen molar-refractivity contribution in [2.24, 2.45) is 0 Å². The first-order valence-electron chi connectivity index (χ1n) is 16.8. The minimum atomic E-state index is 0.753. The molecule has 0 fully saturated rings. The molecular formula is C37H59NO2. The lowest BCUT2D eigenvalue weighted by Gasteiger charge is -2.14. The summed E-state index contributed by atoms with van der Waals surface area (Å²) in [7, 11) is 0. The van der Waals surface area contributed by atoms with Crippen LogP contribution in [0.2, 0.25) is 0 Å². The molecule has 0 spiro atoms. The number of ether oxygens (including phenoxy) is 2. The first-order valence-corrected chi connectivity index (χ1v) is 16.8. The second-order valence-corrected chi connectivity index (χ2v) is 11.4. The molecule has 2 aromatic rings. The predicted molar refractivity (Wildman–Crippen MR) is 174 cm³/mol. The SMILES string of the molecule is CCCCCCCCCCCCOc1ccc(/C=C/c2ccncc2)cc1OCCCCCCCCCCCC. The Kier molecular flexibility index (Phi) is 20.8. The number of nitrogens with zero attached hydrogens (tertiary/aromatic N) is 1. The molecule has 0 N–H and O–H groups in total. The van der Waals surface area contributed by atoms with Crippen LogP contribution in [0.25, 0.3) is 12.2 Å². The van der Waals surface area contributed by atoms with Gasteiger partial charge in [-0.2, -0.15) is 0 Å². The third kappa shape index (κ3) is 17.4. The number of unbranched alkanes of at least 4 members (excludes halogenated alkanes) is 18. The van der Waals surface area contributed by atoms with Crippen LogP contribution in [0, 0.1) is 0 Å². The summed E-state index contributed by atoms with van der Waals surface area (Å²) in [5, 5.41) is 0. The molecule has 1 aromatic carbocycles. The van der Waals surface area contributed by atoms with Crippen LogP contribution in [0.1, 0.15) is 153 Å². The van der Waals surface area contributed by atoms with Gasteiger partial charge in [-0.25, -0.2) is 0 Å². The fourth-order valence-corrected chi connectivity index (χ4v) is 5.07. The van der Waals surface area contributed by atoms with E-state index >= 15 is 0 Å². The molecule has 3 heteroatoms. The zero-order chi connectivity index (χ0) is 28.4. The van der Waals surface area contributed by atoms with Gasteiger partial charge >= 0.3 is 0 Å². The van der Waals surface area contributed by atoms with E-state index in [9.17, 15) is 0 Å². The second-order valence-electron chi connectivity index (χ2n) is 11.4. The summed E-state index contributed by atoms with van der Waals surface area (Å²) in [6.45, 7) is 6.08. The molecule has 1 heterocycles. The molecule has 0 saturated heterocycles. The van der Waals surface area contributed by atoms with Gasteiger partial charge in [0.1, 0.15) is 0 Å². The van der Waals surface area contributed by atoms with E-state index in [1.807, 2.05) is 24.5 Å².